The molecule has 0 aliphatic carbocycles. The van der Waals surface area contributed by atoms with Gasteiger partial charge >= 0.3 is 0 Å². The molecule has 1 aromatic carbocycles. The standard InChI is InChI=1S/C13H21N3O3S/c1-10(8-14)9-16(3)20(18,19)13-6-4-12(5-7-13)15-11(2)17/h4-7,10H,8-9,14H2,1-3H3,(H,15,17). The predicted octanol–water partition coefficient (Wildman–Crippen LogP) is 0.860. The minimum atomic E-state index is -3.52. The molecule has 1 rings (SSSR count). The molecule has 20 heavy (non-hydrogen) atoms. The van der Waals surface area contributed by atoms with Gasteiger partial charge in [0.2, 0.25) is 15.9 Å². The van der Waals surface area contributed by atoms with E-state index in [0.29, 0.717) is 18.8 Å². The lowest BCUT2D eigenvalue weighted by atomic mass is 10.2. The molecule has 0 saturated heterocycles. The Hall–Kier alpha value is -1.44. The van der Waals surface area contributed by atoms with Crippen LogP contribution in [-0.2, 0) is 14.8 Å². The fourth-order valence-electron chi connectivity index (χ4n) is 1.71. The fourth-order valence-corrected chi connectivity index (χ4v) is 3.00. The highest BCUT2D eigenvalue weighted by atomic mass is 32.2. The highest BCUT2D eigenvalue weighted by Crippen LogP contribution is 2.18. The third-order valence-corrected chi connectivity index (χ3v) is 4.69. The van der Waals surface area contributed by atoms with E-state index in [1.165, 1.54) is 30.4 Å². The van der Waals surface area contributed by atoms with Crippen molar-refractivity contribution in [3.63, 3.8) is 0 Å². The lowest BCUT2D eigenvalue weighted by Gasteiger charge is -2.20. The van der Waals surface area contributed by atoms with Gasteiger partial charge in [-0.15, -0.1) is 0 Å². The summed E-state index contributed by atoms with van der Waals surface area (Å²) in [5, 5.41) is 2.59. The number of amides is 1. The average Bonchev–Trinajstić information content (AvgIpc) is 2.38. The molecule has 0 aromatic heterocycles. The van der Waals surface area contributed by atoms with Crippen LogP contribution in [0.1, 0.15) is 13.8 Å². The van der Waals surface area contributed by atoms with E-state index in [9.17, 15) is 13.2 Å². The SMILES string of the molecule is CC(=O)Nc1ccc(S(=O)(=O)N(C)CC(C)CN)cc1. The maximum Gasteiger partial charge on any atom is 0.242 e. The molecule has 7 heteroatoms. The third kappa shape index (κ3) is 4.29. The number of nitrogens with zero attached hydrogens (tertiary/aromatic N) is 1. The van der Waals surface area contributed by atoms with Gasteiger partial charge in [0.15, 0.2) is 0 Å². The molecule has 1 atom stereocenters. The van der Waals surface area contributed by atoms with Crippen molar-refractivity contribution in [1.29, 1.82) is 0 Å². The van der Waals surface area contributed by atoms with Gasteiger partial charge in [-0.2, -0.15) is 0 Å². The molecular weight excluding hydrogens is 278 g/mol. The van der Waals surface area contributed by atoms with Crippen molar-refractivity contribution in [2.45, 2.75) is 18.7 Å². The Labute approximate surface area is 120 Å². The number of benzene rings is 1. The molecule has 0 aliphatic heterocycles. The third-order valence-electron chi connectivity index (χ3n) is 2.85. The van der Waals surface area contributed by atoms with E-state index in [0.717, 1.165) is 0 Å². The molecular formula is C13H21N3O3S. The zero-order chi connectivity index (χ0) is 15.3. The van der Waals surface area contributed by atoms with Crippen LogP contribution in [0.2, 0.25) is 0 Å². The van der Waals surface area contributed by atoms with Gasteiger partial charge in [0.25, 0.3) is 0 Å². The summed E-state index contributed by atoms with van der Waals surface area (Å²) in [7, 11) is -1.99. The van der Waals surface area contributed by atoms with Crippen LogP contribution in [0.3, 0.4) is 0 Å². The Morgan fingerprint density at radius 2 is 1.90 bits per heavy atom. The van der Waals surface area contributed by atoms with Gasteiger partial charge in [0.05, 0.1) is 4.90 Å². The van der Waals surface area contributed by atoms with Crippen LogP contribution < -0.4 is 11.1 Å². The zero-order valence-electron chi connectivity index (χ0n) is 12.0. The monoisotopic (exact) mass is 299 g/mol. The minimum absolute atomic E-state index is 0.0911. The molecule has 0 fully saturated rings. The molecule has 0 bridgehead atoms. The average molecular weight is 299 g/mol. The van der Waals surface area contributed by atoms with Crippen molar-refractivity contribution >= 4 is 21.6 Å². The lowest BCUT2D eigenvalue weighted by Crippen LogP contribution is -2.33. The maximum atomic E-state index is 12.3. The van der Waals surface area contributed by atoms with Gasteiger partial charge < -0.3 is 11.1 Å². The van der Waals surface area contributed by atoms with Crippen LogP contribution in [0.4, 0.5) is 5.69 Å². The number of nitrogens with one attached hydrogen (secondary N) is 1. The number of carbonyl (C=O) groups is 1. The van der Waals surface area contributed by atoms with Crippen molar-refractivity contribution in [3.8, 4) is 0 Å². The van der Waals surface area contributed by atoms with Gasteiger partial charge in [-0.05, 0) is 36.7 Å². The molecule has 3 N–H and O–H groups in total. The van der Waals surface area contributed by atoms with Gasteiger partial charge in [-0.25, -0.2) is 12.7 Å². The Morgan fingerprint density at radius 1 is 1.35 bits per heavy atom. The molecule has 1 amide bonds. The van der Waals surface area contributed by atoms with E-state index >= 15 is 0 Å². The number of hydrogen-bond acceptors (Lipinski definition) is 4. The van der Waals surface area contributed by atoms with E-state index in [1.54, 1.807) is 12.1 Å². The molecule has 1 aromatic rings. The smallest absolute Gasteiger partial charge is 0.242 e. The van der Waals surface area contributed by atoms with Crippen LogP contribution in [0.15, 0.2) is 29.2 Å². The van der Waals surface area contributed by atoms with E-state index in [2.05, 4.69) is 5.32 Å². The van der Waals surface area contributed by atoms with Gasteiger partial charge in [0.1, 0.15) is 0 Å². The highest BCUT2D eigenvalue weighted by Gasteiger charge is 2.21. The second-order valence-corrected chi connectivity index (χ2v) is 6.88. The Balaban J connectivity index is 2.89. The van der Waals surface area contributed by atoms with Crippen molar-refractivity contribution in [3.05, 3.63) is 24.3 Å². The molecule has 0 radical (unpaired) electrons. The molecule has 1 unspecified atom stereocenters. The summed E-state index contributed by atoms with van der Waals surface area (Å²) in [5.74, 6) is -0.108. The highest BCUT2D eigenvalue weighted by molar-refractivity contribution is 7.89. The summed E-state index contributed by atoms with van der Waals surface area (Å²) < 4.78 is 25.9. The second kappa shape index (κ2) is 6.83. The Morgan fingerprint density at radius 3 is 2.35 bits per heavy atom. The first-order valence-electron chi connectivity index (χ1n) is 6.31. The molecule has 0 aliphatic rings. The Bertz CT molecular complexity index is 555. The van der Waals surface area contributed by atoms with Crippen molar-refractivity contribution in [1.82, 2.24) is 4.31 Å². The zero-order valence-corrected chi connectivity index (χ0v) is 12.8. The van der Waals surface area contributed by atoms with E-state index in [4.69, 9.17) is 5.73 Å². The number of anilines is 1. The maximum absolute atomic E-state index is 12.3. The predicted molar refractivity (Wildman–Crippen MR) is 78.8 cm³/mol. The molecule has 112 valence electrons. The summed E-state index contributed by atoms with van der Waals surface area (Å²) in [6, 6.07) is 6.08. The Kier molecular flexibility index (Phi) is 5.67. The van der Waals surface area contributed by atoms with E-state index < -0.39 is 10.0 Å². The number of hydrogen-bond donors (Lipinski definition) is 2. The topological polar surface area (TPSA) is 92.5 Å². The van der Waals surface area contributed by atoms with E-state index in [-0.39, 0.29) is 16.7 Å². The summed E-state index contributed by atoms with van der Waals surface area (Å²) >= 11 is 0. The summed E-state index contributed by atoms with van der Waals surface area (Å²) in [6.45, 7) is 4.09. The minimum Gasteiger partial charge on any atom is -0.330 e. The summed E-state index contributed by atoms with van der Waals surface area (Å²) in [4.78, 5) is 11.1. The lowest BCUT2D eigenvalue weighted by molar-refractivity contribution is -0.114. The molecule has 0 saturated carbocycles. The first kappa shape index (κ1) is 16.6. The van der Waals surface area contributed by atoms with Gasteiger partial charge in [-0.1, -0.05) is 6.92 Å². The largest absolute Gasteiger partial charge is 0.330 e. The van der Waals surface area contributed by atoms with Gasteiger partial charge in [-0.3, -0.25) is 4.79 Å². The number of nitrogens with two attached hydrogens (primary N) is 1. The van der Waals surface area contributed by atoms with Crippen molar-refractivity contribution in [2.75, 3.05) is 25.5 Å². The second-order valence-electron chi connectivity index (χ2n) is 4.83. The van der Waals surface area contributed by atoms with Crippen LogP contribution in [-0.4, -0.2) is 38.8 Å². The van der Waals surface area contributed by atoms with E-state index in [1.807, 2.05) is 6.92 Å². The van der Waals surface area contributed by atoms with Crippen LogP contribution in [0.25, 0.3) is 0 Å². The number of carbonyl (C=O) groups excluding carboxylic acids is 1. The quantitative estimate of drug-likeness (QED) is 0.815. The summed E-state index contributed by atoms with van der Waals surface area (Å²) in [6.07, 6.45) is 0. The molecule has 0 heterocycles. The summed E-state index contributed by atoms with van der Waals surface area (Å²) in [5.41, 5.74) is 6.07. The van der Waals surface area contributed by atoms with Gasteiger partial charge in [0, 0.05) is 26.2 Å². The number of rotatable bonds is 6. The molecule has 0 spiro atoms. The molecule has 6 nitrogen and oxygen atoms in total. The van der Waals surface area contributed by atoms with Crippen LogP contribution in [0, 0.1) is 5.92 Å². The normalized spacial score (nSPS) is 13.2. The number of sulfonamides is 1. The first-order valence-corrected chi connectivity index (χ1v) is 7.75. The van der Waals surface area contributed by atoms with Crippen molar-refractivity contribution in [2.24, 2.45) is 11.7 Å². The van der Waals surface area contributed by atoms with Crippen LogP contribution >= 0.6 is 0 Å². The fraction of sp³-hybridized carbons (Fsp3) is 0.462. The first-order chi connectivity index (χ1) is 9.27. The van der Waals surface area contributed by atoms with Crippen molar-refractivity contribution < 1.29 is 13.2 Å². The van der Waals surface area contributed by atoms with Crippen LogP contribution in [0.5, 0.6) is 0 Å².